The van der Waals surface area contributed by atoms with Gasteiger partial charge in [-0.3, -0.25) is 9.78 Å². The summed E-state index contributed by atoms with van der Waals surface area (Å²) >= 11 is 0. The fourth-order valence-electron chi connectivity index (χ4n) is 8.74. The summed E-state index contributed by atoms with van der Waals surface area (Å²) in [4.78, 5) is 21.9. The van der Waals surface area contributed by atoms with Crippen LogP contribution in [0.5, 0.6) is 0 Å². The molecule has 0 aliphatic heterocycles. The Hall–Kier alpha value is -4.44. The van der Waals surface area contributed by atoms with Crippen molar-refractivity contribution in [2.75, 3.05) is 0 Å². The van der Waals surface area contributed by atoms with E-state index in [4.69, 9.17) is 9.97 Å². The fourth-order valence-corrected chi connectivity index (χ4v) is 8.74. The van der Waals surface area contributed by atoms with Crippen LogP contribution >= 0.6 is 0 Å². The molecule has 53 heavy (non-hydrogen) atoms. The van der Waals surface area contributed by atoms with Gasteiger partial charge in [0.15, 0.2) is 5.78 Å². The Balaban J connectivity index is 0.000000258. The Morgan fingerprint density at radius 1 is 0.755 bits per heavy atom. The number of allylic oxidation sites excluding steroid dienone is 2. The molecule has 273 valence electrons. The van der Waals surface area contributed by atoms with Crippen molar-refractivity contribution < 1.29 is 30.0 Å². The van der Waals surface area contributed by atoms with Crippen LogP contribution in [-0.4, -0.2) is 20.9 Å². The molecule has 0 fully saturated rings. The van der Waals surface area contributed by atoms with Crippen LogP contribution in [0.25, 0.3) is 44.2 Å². The van der Waals surface area contributed by atoms with Crippen LogP contribution in [0.1, 0.15) is 95.0 Å². The Labute approximate surface area is 328 Å². The van der Waals surface area contributed by atoms with Crippen molar-refractivity contribution in [3.63, 3.8) is 0 Å². The Morgan fingerprint density at radius 3 is 1.96 bits per heavy atom. The third-order valence-electron chi connectivity index (χ3n) is 11.4. The first-order valence-corrected chi connectivity index (χ1v) is 19.1. The van der Waals surface area contributed by atoms with E-state index in [1.807, 2.05) is 27.7 Å². The molecule has 2 heterocycles. The number of hydrogen-bond donors (Lipinski definition) is 1. The number of carbonyl (C=O) groups excluding carboxylic acids is 1. The molecule has 0 saturated heterocycles. The van der Waals surface area contributed by atoms with Gasteiger partial charge in [0.2, 0.25) is 0 Å². The maximum Gasteiger partial charge on any atom is 0.162 e. The fraction of sp³-hybridized carbons (Fsp3) is 0.312. The number of aliphatic hydroxyl groups is 1. The van der Waals surface area contributed by atoms with Crippen molar-refractivity contribution in [2.45, 2.75) is 79.1 Å². The molecule has 0 amide bonds. The number of benzene rings is 4. The molecule has 2 aliphatic rings. The van der Waals surface area contributed by atoms with Gasteiger partial charge in [-0.1, -0.05) is 137 Å². The first-order chi connectivity index (χ1) is 25.3. The topological polar surface area (TPSA) is 63.1 Å². The molecule has 8 rings (SSSR count). The molecule has 1 radical (unpaired) electrons. The zero-order valence-corrected chi connectivity index (χ0v) is 34.1. The average molecular weight is 878 g/mol. The third kappa shape index (κ3) is 6.47. The Morgan fingerprint density at radius 2 is 1.34 bits per heavy atom. The third-order valence-corrected chi connectivity index (χ3v) is 11.4. The minimum Gasteiger partial charge on any atom is -0.512 e. The van der Waals surface area contributed by atoms with Gasteiger partial charge in [-0.05, 0) is 89.9 Å². The molecule has 0 unspecified atom stereocenters. The van der Waals surface area contributed by atoms with Crippen LogP contribution < -0.4 is 0 Å². The number of aliphatic hydroxyl groups excluding tert-OH is 1. The molecule has 0 bridgehead atoms. The Kier molecular flexibility index (Phi) is 11.5. The second kappa shape index (κ2) is 15.9. The second-order valence-electron chi connectivity index (χ2n) is 14.8. The number of rotatable bonds is 9. The molecule has 1 spiro atoms. The number of fused-ring (bicyclic) bond motifs is 10. The van der Waals surface area contributed by atoms with Crippen LogP contribution in [0.15, 0.2) is 109 Å². The molecule has 0 saturated carbocycles. The van der Waals surface area contributed by atoms with Gasteiger partial charge in [0.1, 0.15) is 0 Å². The van der Waals surface area contributed by atoms with E-state index in [0.29, 0.717) is 5.92 Å². The first kappa shape index (κ1) is 38.3. The van der Waals surface area contributed by atoms with Crippen molar-refractivity contribution in [1.82, 2.24) is 9.97 Å². The summed E-state index contributed by atoms with van der Waals surface area (Å²) in [5.41, 5.74) is 12.8. The zero-order valence-electron chi connectivity index (χ0n) is 31.7. The van der Waals surface area contributed by atoms with E-state index in [1.54, 1.807) is 6.20 Å². The summed E-state index contributed by atoms with van der Waals surface area (Å²) in [5.74, 6) is 1.11. The van der Waals surface area contributed by atoms with E-state index in [0.717, 1.165) is 59.8 Å². The molecule has 5 heteroatoms. The Bertz CT molecular complexity index is 2260. The van der Waals surface area contributed by atoms with Crippen LogP contribution in [0.4, 0.5) is 0 Å². The number of ketones is 1. The van der Waals surface area contributed by atoms with Crippen molar-refractivity contribution in [2.24, 2.45) is 17.8 Å². The summed E-state index contributed by atoms with van der Waals surface area (Å²) in [7, 11) is 0. The number of aromatic nitrogens is 2. The molecule has 2 aromatic heterocycles. The van der Waals surface area contributed by atoms with Gasteiger partial charge in [0.05, 0.1) is 16.7 Å². The van der Waals surface area contributed by atoms with Crippen LogP contribution in [0.2, 0.25) is 0 Å². The summed E-state index contributed by atoms with van der Waals surface area (Å²) < 4.78 is 0. The van der Waals surface area contributed by atoms with Gasteiger partial charge >= 0.3 is 0 Å². The van der Waals surface area contributed by atoms with Crippen molar-refractivity contribution >= 4 is 27.6 Å². The number of hydrogen-bond acceptors (Lipinski definition) is 4. The van der Waals surface area contributed by atoms with E-state index in [1.165, 1.54) is 50.4 Å². The summed E-state index contributed by atoms with van der Waals surface area (Å²) in [6, 6.07) is 36.9. The molecule has 4 aromatic carbocycles. The SMILES string of the molecule is CC(C)Cc1cccc2nc3c(cc12)C1(c2ccccc2-c2ccccc21)c1cccc2nc[c-]c-3c12.CCC(CC)C(=O)/C=C(\O)C(CC)CC.[Ir]. The monoisotopic (exact) mass is 878 g/mol. The number of nitrogens with zero attached hydrogens (tertiary/aromatic N) is 2. The standard InChI is InChI=1S/C35H25N2.C13H24O2.Ir/c1-21(2)19-22-9-7-15-31-26(22)20-30-34(37-31)25-17-18-36-32-16-8-14-29(33(25)32)35(30)27-12-5-3-10-23(27)24-11-4-6-13-28(24)35;1-5-10(6-2)12(14)9-13(15)11(7-3)8-4;/h3-16,18,20-21H,19H2,1-2H3;9-11,14H,5-8H2,1-4H3;/q-1;;/b;12-9-;. The van der Waals surface area contributed by atoms with Gasteiger partial charge in [-0.2, -0.15) is 11.6 Å². The van der Waals surface area contributed by atoms with E-state index >= 15 is 0 Å². The van der Waals surface area contributed by atoms with Crippen molar-refractivity contribution in [3.8, 4) is 22.4 Å². The predicted molar refractivity (Wildman–Crippen MR) is 215 cm³/mol. The minimum absolute atomic E-state index is 0. The molecule has 1 N–H and O–H groups in total. The summed E-state index contributed by atoms with van der Waals surface area (Å²) in [6.45, 7) is 12.6. The van der Waals surface area contributed by atoms with Crippen molar-refractivity contribution in [1.29, 1.82) is 0 Å². The normalized spacial score (nSPS) is 13.5. The zero-order chi connectivity index (χ0) is 36.6. The van der Waals surface area contributed by atoms with E-state index < -0.39 is 5.41 Å². The number of carbonyl (C=O) groups is 1. The van der Waals surface area contributed by atoms with Crippen LogP contribution in [-0.2, 0) is 36.7 Å². The maximum atomic E-state index is 11.7. The molecule has 4 nitrogen and oxygen atoms in total. The first-order valence-electron chi connectivity index (χ1n) is 19.1. The van der Waals surface area contributed by atoms with E-state index in [-0.39, 0.29) is 43.5 Å². The minimum atomic E-state index is -0.460. The van der Waals surface area contributed by atoms with Gasteiger partial charge in [0.25, 0.3) is 0 Å². The smallest absolute Gasteiger partial charge is 0.162 e. The largest absolute Gasteiger partial charge is 0.512 e. The van der Waals surface area contributed by atoms with Gasteiger partial charge in [-0.25, -0.2) is 0 Å². The van der Waals surface area contributed by atoms with Crippen LogP contribution in [0, 0.1) is 23.8 Å². The quantitative estimate of drug-likeness (QED) is 0.0891. The molecular weight excluding hydrogens is 829 g/mol. The van der Waals surface area contributed by atoms with Crippen LogP contribution in [0.3, 0.4) is 0 Å². The molecular formula is C48H49IrN2O2-. The number of pyridine rings is 2. The van der Waals surface area contributed by atoms with E-state index in [2.05, 4.69) is 111 Å². The second-order valence-corrected chi connectivity index (χ2v) is 14.8. The van der Waals surface area contributed by atoms with Gasteiger partial charge < -0.3 is 10.1 Å². The van der Waals surface area contributed by atoms with Crippen molar-refractivity contribution in [3.05, 3.63) is 143 Å². The molecule has 6 aromatic rings. The van der Waals surface area contributed by atoms with Gasteiger partial charge in [-0.15, -0.1) is 0 Å². The predicted octanol–water partition coefficient (Wildman–Crippen LogP) is 12.0. The molecule has 0 atom stereocenters. The average Bonchev–Trinajstić information content (AvgIpc) is 3.45. The summed E-state index contributed by atoms with van der Waals surface area (Å²) in [6.07, 6.45) is 7.74. The molecule has 2 aliphatic carbocycles. The van der Waals surface area contributed by atoms with Gasteiger partial charge in [0, 0.05) is 48.9 Å². The van der Waals surface area contributed by atoms with E-state index in [9.17, 15) is 9.90 Å². The maximum absolute atomic E-state index is 11.7. The summed E-state index contributed by atoms with van der Waals surface area (Å²) in [5, 5.41) is 12.2.